The summed E-state index contributed by atoms with van der Waals surface area (Å²) in [7, 11) is 0. The fourth-order valence-corrected chi connectivity index (χ4v) is 3.05. The van der Waals surface area contributed by atoms with Crippen molar-refractivity contribution in [2.75, 3.05) is 13.1 Å². The highest BCUT2D eigenvalue weighted by atomic mass is 19.1. The van der Waals surface area contributed by atoms with Crippen molar-refractivity contribution in [2.24, 2.45) is 0 Å². The van der Waals surface area contributed by atoms with E-state index in [1.54, 1.807) is 6.07 Å². The van der Waals surface area contributed by atoms with Gasteiger partial charge in [-0.25, -0.2) is 8.78 Å². The average molecular weight is 283 g/mol. The lowest BCUT2D eigenvalue weighted by Gasteiger charge is -2.35. The van der Waals surface area contributed by atoms with Gasteiger partial charge in [0, 0.05) is 18.0 Å². The number of halogens is 2. The highest BCUT2D eigenvalue weighted by Gasteiger charge is 2.32. The second-order valence-corrected chi connectivity index (χ2v) is 5.58. The van der Waals surface area contributed by atoms with Gasteiger partial charge in [-0.05, 0) is 37.4 Å². The van der Waals surface area contributed by atoms with Gasteiger partial charge in [0.15, 0.2) is 0 Å². The van der Waals surface area contributed by atoms with Crippen LogP contribution in [0.5, 0.6) is 0 Å². The van der Waals surface area contributed by atoms with Crippen molar-refractivity contribution in [2.45, 2.75) is 58.3 Å². The van der Waals surface area contributed by atoms with Crippen molar-refractivity contribution in [1.82, 2.24) is 5.32 Å². The normalized spacial score (nSPS) is 11.8. The summed E-state index contributed by atoms with van der Waals surface area (Å²) in [4.78, 5) is 0. The molecule has 0 radical (unpaired) electrons. The molecule has 0 atom stereocenters. The number of hydrogen-bond donors (Lipinski definition) is 1. The summed E-state index contributed by atoms with van der Waals surface area (Å²) in [5.74, 6) is -0.917. The third-order valence-corrected chi connectivity index (χ3v) is 3.85. The van der Waals surface area contributed by atoms with Crippen LogP contribution in [-0.4, -0.2) is 13.1 Å². The topological polar surface area (TPSA) is 12.0 Å². The Kier molecular flexibility index (Phi) is 7.14. The van der Waals surface area contributed by atoms with Crippen LogP contribution in [0.3, 0.4) is 0 Å². The van der Waals surface area contributed by atoms with Crippen LogP contribution >= 0.6 is 0 Å². The molecule has 0 saturated carbocycles. The van der Waals surface area contributed by atoms with Crippen LogP contribution in [0.25, 0.3) is 0 Å². The third kappa shape index (κ3) is 4.27. The zero-order chi connectivity index (χ0) is 15.0. The van der Waals surface area contributed by atoms with Crippen LogP contribution < -0.4 is 5.32 Å². The van der Waals surface area contributed by atoms with E-state index in [-0.39, 0.29) is 5.41 Å². The predicted molar refractivity (Wildman–Crippen MR) is 81.0 cm³/mol. The van der Waals surface area contributed by atoms with Crippen molar-refractivity contribution in [1.29, 1.82) is 0 Å². The van der Waals surface area contributed by atoms with Crippen molar-refractivity contribution in [3.8, 4) is 0 Å². The number of rotatable bonds is 9. The molecule has 0 spiro atoms. The van der Waals surface area contributed by atoms with Gasteiger partial charge in [-0.3, -0.25) is 0 Å². The highest BCUT2D eigenvalue weighted by Crippen LogP contribution is 2.35. The van der Waals surface area contributed by atoms with Crippen LogP contribution in [0.1, 0.15) is 58.4 Å². The van der Waals surface area contributed by atoms with Gasteiger partial charge in [0.25, 0.3) is 0 Å². The van der Waals surface area contributed by atoms with Gasteiger partial charge in [0.05, 0.1) is 0 Å². The molecule has 0 aromatic heterocycles. The first kappa shape index (κ1) is 17.1. The molecule has 1 nitrogen and oxygen atoms in total. The molecule has 0 heterocycles. The van der Waals surface area contributed by atoms with Gasteiger partial charge in [-0.15, -0.1) is 0 Å². The average Bonchev–Trinajstić information content (AvgIpc) is 2.39. The van der Waals surface area contributed by atoms with Crippen LogP contribution in [0.15, 0.2) is 18.2 Å². The van der Waals surface area contributed by atoms with E-state index in [0.29, 0.717) is 5.56 Å². The molecule has 0 unspecified atom stereocenters. The van der Waals surface area contributed by atoms with Gasteiger partial charge in [0.2, 0.25) is 0 Å². The molecule has 0 fully saturated rings. The summed E-state index contributed by atoms with van der Waals surface area (Å²) in [5.41, 5.74) is 0.433. The fraction of sp³-hybridized carbons (Fsp3) is 0.647. The van der Waals surface area contributed by atoms with E-state index in [0.717, 1.165) is 51.3 Å². The quantitative estimate of drug-likeness (QED) is 0.642. The summed E-state index contributed by atoms with van der Waals surface area (Å²) in [6, 6.07) is 4.01. The third-order valence-electron chi connectivity index (χ3n) is 3.85. The molecule has 0 amide bonds. The second-order valence-electron chi connectivity index (χ2n) is 5.58. The molecule has 0 bridgehead atoms. The summed E-state index contributed by atoms with van der Waals surface area (Å²) < 4.78 is 27.4. The summed E-state index contributed by atoms with van der Waals surface area (Å²) in [6.07, 6.45) is 4.87. The largest absolute Gasteiger partial charge is 0.316 e. The second kappa shape index (κ2) is 8.35. The van der Waals surface area contributed by atoms with Crippen LogP contribution in [0, 0.1) is 11.6 Å². The molecule has 20 heavy (non-hydrogen) atoms. The lowest BCUT2D eigenvalue weighted by atomic mass is 9.73. The van der Waals surface area contributed by atoms with E-state index in [1.807, 2.05) is 0 Å². The Labute approximate surface area is 121 Å². The SMILES string of the molecule is CCCNCC(CCC)(CCC)c1ccc(F)cc1F. The first-order valence-corrected chi connectivity index (χ1v) is 7.76. The Hall–Kier alpha value is -0.960. The Morgan fingerprint density at radius 3 is 2.15 bits per heavy atom. The molecule has 0 aliphatic carbocycles. The number of nitrogens with one attached hydrogen (secondary N) is 1. The van der Waals surface area contributed by atoms with Crippen molar-refractivity contribution < 1.29 is 8.78 Å². The number of benzene rings is 1. The zero-order valence-corrected chi connectivity index (χ0v) is 12.9. The lowest BCUT2D eigenvalue weighted by molar-refractivity contribution is 0.323. The van der Waals surface area contributed by atoms with E-state index in [2.05, 4.69) is 26.1 Å². The monoisotopic (exact) mass is 283 g/mol. The minimum Gasteiger partial charge on any atom is -0.316 e. The van der Waals surface area contributed by atoms with E-state index in [9.17, 15) is 8.78 Å². The molecule has 0 aliphatic heterocycles. The number of hydrogen-bond acceptors (Lipinski definition) is 1. The molecule has 1 aromatic rings. The van der Waals surface area contributed by atoms with Gasteiger partial charge < -0.3 is 5.32 Å². The minimum absolute atomic E-state index is 0.226. The fourth-order valence-electron chi connectivity index (χ4n) is 3.05. The Morgan fingerprint density at radius 1 is 1.00 bits per heavy atom. The summed E-state index contributed by atoms with van der Waals surface area (Å²) in [5, 5.41) is 3.43. The molecule has 0 saturated heterocycles. The van der Waals surface area contributed by atoms with Crippen molar-refractivity contribution >= 4 is 0 Å². The maximum Gasteiger partial charge on any atom is 0.129 e. The maximum atomic E-state index is 14.2. The van der Waals surface area contributed by atoms with Gasteiger partial charge >= 0.3 is 0 Å². The van der Waals surface area contributed by atoms with Crippen molar-refractivity contribution in [3.05, 3.63) is 35.4 Å². The molecule has 1 rings (SSSR count). The molecular formula is C17H27F2N. The zero-order valence-electron chi connectivity index (χ0n) is 12.9. The van der Waals surface area contributed by atoms with Crippen LogP contribution in [0.4, 0.5) is 8.78 Å². The lowest BCUT2D eigenvalue weighted by Crippen LogP contribution is -2.39. The first-order chi connectivity index (χ1) is 9.59. The molecule has 3 heteroatoms. The highest BCUT2D eigenvalue weighted by molar-refractivity contribution is 5.28. The van der Waals surface area contributed by atoms with Crippen LogP contribution in [0.2, 0.25) is 0 Å². The van der Waals surface area contributed by atoms with Gasteiger partial charge in [-0.2, -0.15) is 0 Å². The molecular weight excluding hydrogens is 256 g/mol. The molecule has 0 aliphatic rings. The van der Waals surface area contributed by atoms with E-state index < -0.39 is 11.6 Å². The van der Waals surface area contributed by atoms with Crippen LogP contribution in [-0.2, 0) is 5.41 Å². The molecule has 114 valence electrons. The van der Waals surface area contributed by atoms with Crippen molar-refractivity contribution in [3.63, 3.8) is 0 Å². The van der Waals surface area contributed by atoms with E-state index in [1.165, 1.54) is 6.07 Å². The first-order valence-electron chi connectivity index (χ1n) is 7.76. The smallest absolute Gasteiger partial charge is 0.129 e. The van der Waals surface area contributed by atoms with Gasteiger partial charge in [0.1, 0.15) is 11.6 Å². The van der Waals surface area contributed by atoms with Gasteiger partial charge in [-0.1, -0.05) is 39.7 Å². The standard InChI is InChI=1S/C17H27F2N/c1-4-9-17(10-5-2,13-20-11-6-3)15-8-7-14(18)12-16(15)19/h7-8,12,20H,4-6,9-11,13H2,1-3H3. The molecule has 1 aromatic carbocycles. The Balaban J connectivity index is 3.10. The summed E-state index contributed by atoms with van der Waals surface area (Å²) in [6.45, 7) is 8.03. The van der Waals surface area contributed by atoms with E-state index >= 15 is 0 Å². The minimum atomic E-state index is -0.505. The molecule has 1 N–H and O–H groups in total. The Bertz CT molecular complexity index is 398. The summed E-state index contributed by atoms with van der Waals surface area (Å²) >= 11 is 0. The maximum absolute atomic E-state index is 14.2. The Morgan fingerprint density at radius 2 is 1.65 bits per heavy atom. The van der Waals surface area contributed by atoms with E-state index in [4.69, 9.17) is 0 Å². The predicted octanol–water partition coefficient (Wildman–Crippen LogP) is 4.80.